The van der Waals surface area contributed by atoms with E-state index in [1.807, 2.05) is 97.1 Å². The van der Waals surface area contributed by atoms with Gasteiger partial charge in [0.25, 0.3) is 14.9 Å². The lowest BCUT2D eigenvalue weighted by molar-refractivity contribution is 0.286. The summed E-state index contributed by atoms with van der Waals surface area (Å²) in [5.74, 6) is 2.23. The van der Waals surface area contributed by atoms with Gasteiger partial charge >= 0.3 is 0 Å². The van der Waals surface area contributed by atoms with Gasteiger partial charge in [-0.3, -0.25) is 9.13 Å². The van der Waals surface area contributed by atoms with Crippen molar-refractivity contribution in [3.8, 4) is 45.3 Å². The zero-order chi connectivity index (χ0) is 51.6. The Kier molecular flexibility index (Phi) is 13.9. The molecule has 4 fully saturated rings. The summed E-state index contributed by atoms with van der Waals surface area (Å²) in [5, 5.41) is 1.37. The number of methoxy groups -OCH3 is 2. The van der Waals surface area contributed by atoms with Gasteiger partial charge in [-0.2, -0.15) is 0 Å². The number of benzene rings is 8. The maximum atomic E-state index is 15.5. The van der Waals surface area contributed by atoms with E-state index >= 15 is 9.13 Å². The molecule has 8 aromatic carbocycles. The van der Waals surface area contributed by atoms with Crippen molar-refractivity contribution in [1.82, 2.24) is 9.34 Å². The molecule has 2 unspecified atom stereocenters. The topological polar surface area (TPSA) is 84.0 Å². The smallest absolute Gasteiger partial charge is 0.273 e. The van der Waals surface area contributed by atoms with Crippen LogP contribution < -0.4 is 38.9 Å². The van der Waals surface area contributed by atoms with E-state index in [1.165, 1.54) is 0 Å². The predicted octanol–water partition coefficient (Wildman–Crippen LogP) is 14.0. The quantitative estimate of drug-likeness (QED) is 0.0689. The largest absolute Gasteiger partial charge is 0.493 e. The van der Waals surface area contributed by atoms with E-state index in [9.17, 15) is 0 Å². The van der Waals surface area contributed by atoms with Gasteiger partial charge in [-0.15, -0.1) is 0 Å². The van der Waals surface area contributed by atoms with Crippen LogP contribution in [0.5, 0.6) is 23.0 Å². The molecule has 0 saturated carbocycles. The minimum Gasteiger partial charge on any atom is -0.493 e. The molecule has 4 aliphatic rings. The number of hydrogen-bond acceptors (Lipinski definition) is 6. The number of ether oxygens (including phenoxy) is 4. The van der Waals surface area contributed by atoms with Crippen LogP contribution in [0.1, 0.15) is 47.9 Å². The highest BCUT2D eigenvalue weighted by Crippen LogP contribution is 2.65. The summed E-state index contributed by atoms with van der Waals surface area (Å²) >= 11 is 0. The average Bonchev–Trinajstić information content (AvgIpc) is 4.35. The van der Waals surface area contributed by atoms with Gasteiger partial charge < -0.3 is 28.3 Å². The minimum atomic E-state index is -3.23. The molecular formula is C64H62N4O6P2. The van der Waals surface area contributed by atoms with E-state index in [0.717, 1.165) is 108 Å². The Morgan fingerprint density at radius 1 is 0.447 bits per heavy atom. The lowest BCUT2D eigenvalue weighted by Gasteiger charge is -2.32. The molecular weight excluding hydrogens is 983 g/mol. The zero-order valence-corrected chi connectivity index (χ0v) is 44.8. The van der Waals surface area contributed by atoms with Gasteiger partial charge in [0.05, 0.1) is 24.8 Å². The van der Waals surface area contributed by atoms with Crippen LogP contribution in [0.3, 0.4) is 0 Å². The number of para-hydroxylation sites is 4. The first-order valence-electron chi connectivity index (χ1n) is 26.4. The Morgan fingerprint density at radius 2 is 0.816 bits per heavy atom. The van der Waals surface area contributed by atoms with Crippen LogP contribution >= 0.6 is 14.9 Å². The molecule has 4 aliphatic heterocycles. The molecule has 8 aromatic rings. The van der Waals surface area contributed by atoms with E-state index in [-0.39, 0.29) is 12.1 Å². The fourth-order valence-corrected chi connectivity index (χ4v) is 18.5. The maximum absolute atomic E-state index is 15.5. The summed E-state index contributed by atoms with van der Waals surface area (Å²) in [6, 6.07) is 66.3. The van der Waals surface area contributed by atoms with Crippen molar-refractivity contribution in [3.63, 3.8) is 0 Å². The molecule has 0 aromatic heterocycles. The molecule has 12 heteroatoms. The average molecular weight is 1050 g/mol. The van der Waals surface area contributed by atoms with Crippen molar-refractivity contribution < 1.29 is 28.1 Å². The minimum absolute atomic E-state index is 0.235. The summed E-state index contributed by atoms with van der Waals surface area (Å²) in [7, 11) is -3.18. The summed E-state index contributed by atoms with van der Waals surface area (Å²) in [4.78, 5) is 0. The van der Waals surface area contributed by atoms with Gasteiger partial charge in [0, 0.05) is 49.6 Å². The predicted molar refractivity (Wildman–Crippen MR) is 309 cm³/mol. The molecule has 0 amide bonds. The lowest BCUT2D eigenvalue weighted by atomic mass is 10.0. The Bertz CT molecular complexity index is 3220. The Hall–Kier alpha value is -7.32. The fraction of sp³-hybridized carbons (Fsp3) is 0.219. The summed E-state index contributed by atoms with van der Waals surface area (Å²) in [6.45, 7) is 3.64. The highest BCUT2D eigenvalue weighted by molar-refractivity contribution is 7.71. The van der Waals surface area contributed by atoms with Crippen LogP contribution in [0.25, 0.3) is 34.4 Å². The number of nitrogens with zero attached hydrogens (tertiary/aromatic N) is 4. The van der Waals surface area contributed by atoms with Gasteiger partial charge in [-0.05, 0) is 119 Å². The van der Waals surface area contributed by atoms with Crippen LogP contribution in [0.4, 0.5) is 11.4 Å². The second-order valence-electron chi connectivity index (χ2n) is 20.0. The molecule has 4 saturated heterocycles. The Balaban J connectivity index is 0.676. The third-order valence-electron chi connectivity index (χ3n) is 15.5. The molecule has 0 aliphatic carbocycles. The van der Waals surface area contributed by atoms with Gasteiger partial charge in [0.2, 0.25) is 0 Å². The van der Waals surface area contributed by atoms with Gasteiger partial charge in [-0.1, -0.05) is 158 Å². The van der Waals surface area contributed by atoms with Crippen molar-refractivity contribution in [1.29, 1.82) is 0 Å². The zero-order valence-electron chi connectivity index (χ0n) is 43.0. The first-order chi connectivity index (χ1) is 37.3. The van der Waals surface area contributed by atoms with Crippen molar-refractivity contribution in [2.24, 2.45) is 0 Å². The molecule has 0 N–H and O–H groups in total. The first kappa shape index (κ1) is 49.6. The highest BCUT2D eigenvalue weighted by Gasteiger charge is 2.54. The van der Waals surface area contributed by atoms with Crippen LogP contribution in [-0.4, -0.2) is 61.8 Å². The summed E-state index contributed by atoms with van der Waals surface area (Å²) in [6.07, 6.45) is 8.41. The molecule has 0 radical (unpaired) electrons. The lowest BCUT2D eigenvalue weighted by Crippen LogP contribution is -2.28. The van der Waals surface area contributed by atoms with Crippen LogP contribution in [0, 0.1) is 0 Å². The second-order valence-corrected chi connectivity index (χ2v) is 25.1. The number of rotatable bonds is 16. The summed E-state index contributed by atoms with van der Waals surface area (Å²) in [5.41, 5.74) is 10.6. The number of fused-ring (bicyclic) bond motifs is 2. The van der Waals surface area contributed by atoms with Gasteiger partial charge in [-0.25, -0.2) is 9.34 Å². The normalized spacial score (nSPS) is 21.2. The molecule has 0 spiro atoms. The number of hydrogen-bond donors (Lipinski definition) is 0. The SMILES string of the molecule is COc1cccc(P2(=O)N(c3ccccc3)C[C@H]3CCCN32)c1OCc1ccc(-c2ccc(/C=C/c3ccc(-c4ccc(COc5c(OC)cccc5P5(=O)N(c6ccccc6)C[C@H]6CCCN65)cc4)cc3)cc2)cc1. The molecule has 4 heterocycles. The fourth-order valence-electron chi connectivity index (χ4n) is 11.6. The Labute approximate surface area is 446 Å². The van der Waals surface area contributed by atoms with Crippen molar-refractivity contribution >= 4 is 49.0 Å². The maximum Gasteiger partial charge on any atom is 0.273 e. The van der Waals surface area contributed by atoms with E-state index in [4.69, 9.17) is 18.9 Å². The first-order valence-corrected chi connectivity index (χ1v) is 29.6. The molecule has 0 bridgehead atoms. The standard InChI is InChI=1S/C64H62N4O6P2/c1-71-59-19-9-21-61(75(69)65-41-11-17-57(65)43-67(75)55-13-5-3-6-14-55)63(59)73-45-49-29-37-53(38-30-49)51-33-25-47(26-34-51)23-24-48-27-35-52(36-28-48)54-39-31-50(32-40-54)46-74-64-60(72-2)20-10-22-62(64)76(70)66-42-12-18-58(66)44-68(76)56-15-7-4-8-16-56/h3-10,13-16,19-40,57-58H,11-12,17-18,41-46H2,1-2H3/b24-23+/t57-,58-,75?,76?/m1/s1. The number of anilines is 2. The van der Waals surface area contributed by atoms with E-state index in [0.29, 0.717) is 46.8 Å². The van der Waals surface area contributed by atoms with Crippen molar-refractivity contribution in [2.45, 2.75) is 51.0 Å². The molecule has 12 rings (SSSR count). The van der Waals surface area contributed by atoms with Gasteiger partial charge in [0.15, 0.2) is 23.0 Å². The molecule has 76 heavy (non-hydrogen) atoms. The summed E-state index contributed by atoms with van der Waals surface area (Å²) < 4.78 is 64.6. The van der Waals surface area contributed by atoms with E-state index in [1.54, 1.807) is 14.2 Å². The van der Waals surface area contributed by atoms with Crippen LogP contribution in [-0.2, 0) is 22.3 Å². The Morgan fingerprint density at radius 3 is 1.18 bits per heavy atom. The monoisotopic (exact) mass is 1040 g/mol. The second kappa shape index (κ2) is 21.4. The van der Waals surface area contributed by atoms with Crippen LogP contribution in [0.2, 0.25) is 0 Å². The third kappa shape index (κ3) is 9.32. The highest BCUT2D eigenvalue weighted by atomic mass is 31.2. The molecule has 10 nitrogen and oxygen atoms in total. The van der Waals surface area contributed by atoms with Crippen LogP contribution in [0.15, 0.2) is 194 Å². The third-order valence-corrected chi connectivity index (χ3v) is 22.0. The van der Waals surface area contributed by atoms with Gasteiger partial charge in [0.1, 0.15) is 13.2 Å². The van der Waals surface area contributed by atoms with E-state index in [2.05, 4.69) is 128 Å². The van der Waals surface area contributed by atoms with E-state index < -0.39 is 14.9 Å². The van der Waals surface area contributed by atoms with Crippen molar-refractivity contribution in [2.75, 3.05) is 49.7 Å². The molecule has 4 atom stereocenters. The molecule has 384 valence electrons. The van der Waals surface area contributed by atoms with Crippen molar-refractivity contribution in [3.05, 3.63) is 216 Å².